The molecule has 0 aliphatic carbocycles. The van der Waals surface area contributed by atoms with Gasteiger partial charge in [0.25, 0.3) is 0 Å². The first kappa shape index (κ1) is 48.6. The molecule has 0 aliphatic heterocycles. The van der Waals surface area contributed by atoms with Crippen LogP contribution in [0.3, 0.4) is 0 Å². The number of hydrogen-bond donors (Lipinski definition) is 7. The van der Waals surface area contributed by atoms with Gasteiger partial charge in [0.1, 0.15) is 5.54 Å². The number of hydrogen-bond acceptors (Lipinski definition) is 14. The predicted octanol–water partition coefficient (Wildman–Crippen LogP) is 0.174. The second kappa shape index (κ2) is 21.3. The number of carboxylic acid groups (broad SMARTS) is 7. The summed E-state index contributed by atoms with van der Waals surface area (Å²) in [5, 5.41) is 67.8. The van der Waals surface area contributed by atoms with Gasteiger partial charge in [-0.3, -0.25) is 33.7 Å². The Morgan fingerprint density at radius 3 is 1.22 bits per heavy atom. The van der Waals surface area contributed by atoms with E-state index in [-0.39, 0.29) is 0 Å². The lowest BCUT2D eigenvalue weighted by Crippen LogP contribution is -2.70. The third-order valence-electron chi connectivity index (χ3n) is 8.89. The fourth-order valence-corrected chi connectivity index (χ4v) is 6.44. The van der Waals surface area contributed by atoms with Crippen LogP contribution < -0.4 is 0 Å². The van der Waals surface area contributed by atoms with Gasteiger partial charge < -0.3 is 40.5 Å². The number of Topliss-reactive ketones (excluding diaryl/α,β-unsaturated/α-hetero) is 5. The molecule has 0 spiro atoms. The van der Waals surface area contributed by atoms with Crippen molar-refractivity contribution in [3.8, 4) is 0 Å². The van der Waals surface area contributed by atoms with Crippen molar-refractivity contribution in [1.29, 1.82) is 0 Å². The molecule has 0 radical (unpaired) electrons. The molecule has 0 rings (SSSR count). The summed E-state index contributed by atoms with van der Waals surface area (Å²) in [7, 11) is 0.975. The summed E-state index contributed by atoms with van der Waals surface area (Å²) in [6.45, 7) is 1.14. The smallest absolute Gasteiger partial charge is 0.372 e. The van der Waals surface area contributed by atoms with Gasteiger partial charge in [-0.2, -0.15) is 0 Å². The molecule has 2 atom stereocenters. The lowest BCUT2D eigenvalue weighted by atomic mass is 9.57. The molecular formula is C33H45NO20. The summed E-state index contributed by atoms with van der Waals surface area (Å²) >= 11 is 0. The average Bonchev–Trinajstić information content (AvgIpc) is 3.06. The molecule has 302 valence electrons. The Bertz CT molecular complexity index is 1480. The van der Waals surface area contributed by atoms with Crippen LogP contribution in [-0.4, -0.2) is 143 Å². The van der Waals surface area contributed by atoms with Crippen molar-refractivity contribution in [2.45, 2.75) is 102 Å². The normalized spacial score (nSPS) is 13.6. The van der Waals surface area contributed by atoms with Gasteiger partial charge in [-0.05, 0) is 64.3 Å². The van der Waals surface area contributed by atoms with Gasteiger partial charge in [-0.15, -0.1) is 0 Å². The number of carbonyl (C=O) groups is 12. The van der Waals surface area contributed by atoms with Crippen molar-refractivity contribution < 1.29 is 98.0 Å². The zero-order valence-corrected chi connectivity index (χ0v) is 29.9. The maximum Gasteiger partial charge on any atom is 0.372 e. The van der Waals surface area contributed by atoms with E-state index >= 15 is 0 Å². The fraction of sp³-hybridized carbons (Fsp3) is 0.636. The SMILES string of the molecule is CC(C)C[C@](C(=O)O)(N(C)C[C@@](CCCC(=O)C(=O)O)(OCCCC(=O)C(=O)O)C(=O)O)C(CCCC(=O)C(=O)O)(CCCC(=O)C(=O)O)C(=O)C(=O)O. The maximum atomic E-state index is 13.9. The molecule has 0 amide bonds. The minimum Gasteiger partial charge on any atom is -0.480 e. The van der Waals surface area contributed by atoms with E-state index in [2.05, 4.69) is 0 Å². The molecule has 0 bridgehead atoms. The fourth-order valence-electron chi connectivity index (χ4n) is 6.44. The molecular weight excluding hydrogens is 730 g/mol. The number of nitrogens with zero attached hydrogens (tertiary/aromatic N) is 1. The molecule has 7 N–H and O–H groups in total. The summed E-state index contributed by atoms with van der Waals surface area (Å²) in [5.41, 5.74) is -8.21. The van der Waals surface area contributed by atoms with E-state index in [0.717, 1.165) is 11.9 Å². The molecule has 0 fully saturated rings. The second-order valence-corrected chi connectivity index (χ2v) is 13.1. The maximum absolute atomic E-state index is 13.9. The minimum absolute atomic E-state index is 0.398. The van der Waals surface area contributed by atoms with E-state index in [1.807, 2.05) is 0 Å². The highest BCUT2D eigenvalue weighted by Gasteiger charge is 2.65. The number of carbonyl (C=O) groups excluding carboxylic acids is 5. The molecule has 21 nitrogen and oxygen atoms in total. The van der Waals surface area contributed by atoms with Crippen LogP contribution in [0.1, 0.15) is 90.9 Å². The van der Waals surface area contributed by atoms with Gasteiger partial charge in [0.15, 0.2) is 5.60 Å². The van der Waals surface area contributed by atoms with E-state index < -0.39 is 183 Å². The van der Waals surface area contributed by atoms with E-state index in [4.69, 9.17) is 25.2 Å². The Morgan fingerprint density at radius 2 is 0.907 bits per heavy atom. The molecule has 0 aromatic rings. The lowest BCUT2D eigenvalue weighted by molar-refractivity contribution is -0.189. The van der Waals surface area contributed by atoms with Gasteiger partial charge >= 0.3 is 41.8 Å². The third-order valence-corrected chi connectivity index (χ3v) is 8.89. The van der Waals surface area contributed by atoms with E-state index in [0.29, 0.717) is 0 Å². The molecule has 0 aliphatic rings. The number of aliphatic carboxylic acids is 7. The van der Waals surface area contributed by atoms with Crippen LogP contribution in [0.2, 0.25) is 0 Å². The van der Waals surface area contributed by atoms with Crippen LogP contribution in [-0.2, 0) is 62.3 Å². The number of carboxylic acids is 7. The largest absolute Gasteiger partial charge is 0.480 e. The van der Waals surface area contributed by atoms with Crippen LogP contribution in [0.5, 0.6) is 0 Å². The standard InChI is InChI=1S/C33H45NO20/c1-18(2)16-33(30(52)53,31(23(39)28(48)49,12-4-8-19(35)24(40)41)13-5-9-20(36)25(42)43)34(3)17-32(29(50)51,14-6-10-21(37)26(44)45)54-15-7-11-22(38)27(46)47/h18H,4-17H2,1-3H3,(H,40,41)(H,42,43)(H,44,45)(H,46,47)(H,48,49)(H,50,51)(H,52,53)/t32-,33-/m1/s1. The van der Waals surface area contributed by atoms with E-state index in [1.54, 1.807) is 0 Å². The summed E-state index contributed by atoms with van der Waals surface area (Å²) in [5.74, 6) is -21.5. The predicted molar refractivity (Wildman–Crippen MR) is 175 cm³/mol. The highest BCUT2D eigenvalue weighted by Crippen LogP contribution is 2.50. The number of ether oxygens (including phenoxy) is 1. The van der Waals surface area contributed by atoms with Crippen molar-refractivity contribution in [3.63, 3.8) is 0 Å². The number of likely N-dealkylation sites (N-methyl/N-ethyl adjacent to an activating group) is 1. The summed E-state index contributed by atoms with van der Waals surface area (Å²) < 4.78 is 5.65. The third kappa shape index (κ3) is 12.9. The highest BCUT2D eigenvalue weighted by molar-refractivity contribution is 6.36. The molecule has 0 unspecified atom stereocenters. The Balaban J connectivity index is 7.81. The summed E-state index contributed by atoms with van der Waals surface area (Å²) in [6, 6.07) is 0. The zero-order valence-electron chi connectivity index (χ0n) is 29.9. The van der Waals surface area contributed by atoms with Gasteiger partial charge in [-0.25, -0.2) is 28.8 Å². The highest BCUT2D eigenvalue weighted by atomic mass is 16.5. The van der Waals surface area contributed by atoms with Crippen molar-refractivity contribution in [2.75, 3.05) is 20.2 Å². The number of rotatable bonds is 31. The topological polar surface area (TPSA) is 359 Å². The molecule has 0 saturated carbocycles. The molecule has 0 saturated heterocycles. The Kier molecular flexibility index (Phi) is 19.2. The van der Waals surface area contributed by atoms with Crippen LogP contribution in [0.4, 0.5) is 0 Å². The molecule has 21 heteroatoms. The first-order chi connectivity index (χ1) is 24.8. The lowest BCUT2D eigenvalue weighted by Gasteiger charge is -2.53. The number of ketones is 5. The first-order valence-corrected chi connectivity index (χ1v) is 16.5. The molecule has 0 aromatic carbocycles. The van der Waals surface area contributed by atoms with Crippen LogP contribution in [0.15, 0.2) is 0 Å². The van der Waals surface area contributed by atoms with Gasteiger partial charge in [0, 0.05) is 38.8 Å². The van der Waals surface area contributed by atoms with Crippen molar-refractivity contribution in [3.05, 3.63) is 0 Å². The zero-order chi connectivity index (χ0) is 42.2. The van der Waals surface area contributed by atoms with Crippen molar-refractivity contribution >= 4 is 70.7 Å². The molecule has 0 aromatic heterocycles. The summed E-state index contributed by atoms with van der Waals surface area (Å²) in [6.07, 6.45) is -8.40. The van der Waals surface area contributed by atoms with Crippen molar-refractivity contribution in [1.82, 2.24) is 4.90 Å². The second-order valence-electron chi connectivity index (χ2n) is 13.1. The van der Waals surface area contributed by atoms with E-state index in [9.17, 15) is 72.9 Å². The summed E-state index contributed by atoms with van der Waals surface area (Å²) in [4.78, 5) is 146. The quantitative estimate of drug-likeness (QED) is 0.0364. The molecule has 54 heavy (non-hydrogen) atoms. The van der Waals surface area contributed by atoms with Gasteiger partial charge in [0.2, 0.25) is 28.9 Å². The Hall–Kier alpha value is -5.44. The van der Waals surface area contributed by atoms with Crippen LogP contribution >= 0.6 is 0 Å². The average molecular weight is 776 g/mol. The van der Waals surface area contributed by atoms with Crippen molar-refractivity contribution in [2.24, 2.45) is 11.3 Å². The van der Waals surface area contributed by atoms with Crippen LogP contribution in [0, 0.1) is 11.3 Å². The monoisotopic (exact) mass is 775 g/mol. The van der Waals surface area contributed by atoms with Crippen LogP contribution in [0.25, 0.3) is 0 Å². The van der Waals surface area contributed by atoms with Gasteiger partial charge in [-0.1, -0.05) is 13.8 Å². The minimum atomic E-state index is -2.82. The Morgan fingerprint density at radius 1 is 0.537 bits per heavy atom. The first-order valence-electron chi connectivity index (χ1n) is 16.5. The molecule has 0 heterocycles. The van der Waals surface area contributed by atoms with E-state index in [1.165, 1.54) is 13.8 Å². The Labute approximate surface area is 307 Å². The van der Waals surface area contributed by atoms with Gasteiger partial charge in [0.05, 0.1) is 5.41 Å².